The number of esters is 1. The van der Waals surface area contributed by atoms with E-state index in [2.05, 4.69) is 0 Å². The van der Waals surface area contributed by atoms with Gasteiger partial charge in [0.2, 0.25) is 0 Å². The molecule has 2 aromatic carbocycles. The molecule has 0 unspecified atom stereocenters. The summed E-state index contributed by atoms with van der Waals surface area (Å²) in [5, 5.41) is 1.83. The summed E-state index contributed by atoms with van der Waals surface area (Å²) in [5.41, 5.74) is 1.44. The zero-order chi connectivity index (χ0) is 13.5. The van der Waals surface area contributed by atoms with E-state index in [9.17, 15) is 4.79 Å². The zero-order valence-corrected chi connectivity index (χ0v) is 11.4. The summed E-state index contributed by atoms with van der Waals surface area (Å²) in [6.07, 6.45) is 1.93. The van der Waals surface area contributed by atoms with E-state index >= 15 is 0 Å². The summed E-state index contributed by atoms with van der Waals surface area (Å²) in [7, 11) is 0. The zero-order valence-electron chi connectivity index (χ0n) is 10.6. The molecule has 0 bridgehead atoms. The molecule has 96 valence electrons. The summed E-state index contributed by atoms with van der Waals surface area (Å²) in [4.78, 5) is 12.0. The van der Waals surface area contributed by atoms with Gasteiger partial charge in [-0.2, -0.15) is 0 Å². The third kappa shape index (κ3) is 3.73. The van der Waals surface area contributed by atoms with Crippen LogP contribution in [0.1, 0.15) is 15.9 Å². The fourth-order valence-corrected chi connectivity index (χ4v) is 1.99. The molecule has 2 aromatic rings. The van der Waals surface area contributed by atoms with E-state index in [0.717, 1.165) is 5.56 Å². The highest BCUT2D eigenvalue weighted by Gasteiger charge is 2.11. The van der Waals surface area contributed by atoms with Gasteiger partial charge in [0.25, 0.3) is 0 Å². The van der Waals surface area contributed by atoms with Crippen LogP contribution in [-0.4, -0.2) is 12.2 Å². The van der Waals surface area contributed by atoms with Crippen molar-refractivity contribution in [2.75, 3.05) is 6.26 Å². The van der Waals surface area contributed by atoms with Crippen LogP contribution in [0.4, 0.5) is 0 Å². The van der Waals surface area contributed by atoms with E-state index in [1.807, 2.05) is 60.2 Å². The predicted molar refractivity (Wildman–Crippen MR) is 79.8 cm³/mol. The molecule has 0 saturated carbocycles. The minimum atomic E-state index is -0.343. The quantitative estimate of drug-likeness (QED) is 0.615. The summed E-state index contributed by atoms with van der Waals surface area (Å²) in [6.45, 7) is 0. The topological polar surface area (TPSA) is 26.3 Å². The van der Waals surface area contributed by atoms with E-state index in [0.29, 0.717) is 11.3 Å². The molecular weight excluding hydrogens is 256 g/mol. The van der Waals surface area contributed by atoms with Gasteiger partial charge in [-0.1, -0.05) is 48.5 Å². The van der Waals surface area contributed by atoms with Crippen molar-refractivity contribution in [3.63, 3.8) is 0 Å². The smallest absolute Gasteiger partial charge is 0.343 e. The van der Waals surface area contributed by atoms with E-state index in [1.54, 1.807) is 12.1 Å². The lowest BCUT2D eigenvalue weighted by Crippen LogP contribution is -2.04. The van der Waals surface area contributed by atoms with Crippen molar-refractivity contribution in [1.82, 2.24) is 0 Å². The number of thioether (sulfide) groups is 1. The Bertz CT molecular complexity index is 562. The van der Waals surface area contributed by atoms with Crippen molar-refractivity contribution in [3.8, 4) is 0 Å². The maximum Gasteiger partial charge on any atom is 0.343 e. The Morgan fingerprint density at radius 1 is 0.947 bits per heavy atom. The van der Waals surface area contributed by atoms with Crippen molar-refractivity contribution in [3.05, 3.63) is 77.2 Å². The number of hydrogen-bond acceptors (Lipinski definition) is 3. The summed E-state index contributed by atoms with van der Waals surface area (Å²) < 4.78 is 5.46. The molecule has 2 nitrogen and oxygen atoms in total. The van der Waals surface area contributed by atoms with Crippen LogP contribution in [0.5, 0.6) is 0 Å². The molecular formula is C16H14O2S. The molecule has 0 N–H and O–H groups in total. The number of hydrogen-bond donors (Lipinski definition) is 0. The van der Waals surface area contributed by atoms with Crippen molar-refractivity contribution in [2.45, 2.75) is 0 Å². The van der Waals surface area contributed by atoms with Crippen molar-refractivity contribution < 1.29 is 9.53 Å². The van der Waals surface area contributed by atoms with Gasteiger partial charge < -0.3 is 4.74 Å². The number of carbonyl (C=O) groups is 1. The SMILES string of the molecule is CS/C=C(\OC(=O)c1ccccc1)c1ccccc1. The van der Waals surface area contributed by atoms with Crippen LogP contribution >= 0.6 is 11.8 Å². The van der Waals surface area contributed by atoms with E-state index in [4.69, 9.17) is 4.74 Å². The fourth-order valence-electron chi connectivity index (χ4n) is 1.59. The Kier molecular flexibility index (Phi) is 4.81. The maximum atomic E-state index is 12.0. The molecule has 19 heavy (non-hydrogen) atoms. The molecule has 3 heteroatoms. The molecule has 0 radical (unpaired) electrons. The van der Waals surface area contributed by atoms with Crippen LogP contribution in [0.25, 0.3) is 5.76 Å². The van der Waals surface area contributed by atoms with Crippen LogP contribution in [-0.2, 0) is 4.74 Å². The van der Waals surface area contributed by atoms with Gasteiger partial charge in [-0.3, -0.25) is 0 Å². The van der Waals surface area contributed by atoms with Gasteiger partial charge in [0.05, 0.1) is 5.56 Å². The third-order valence-electron chi connectivity index (χ3n) is 2.50. The summed E-state index contributed by atoms with van der Waals surface area (Å²) in [6, 6.07) is 18.6. The molecule has 0 heterocycles. The number of benzene rings is 2. The monoisotopic (exact) mass is 270 g/mol. The van der Waals surface area contributed by atoms with Crippen LogP contribution < -0.4 is 0 Å². The standard InChI is InChI=1S/C16H14O2S/c1-19-12-15(13-8-4-2-5-9-13)18-16(17)14-10-6-3-7-11-14/h2-12H,1H3/b15-12-. The van der Waals surface area contributed by atoms with Crippen LogP contribution in [0.2, 0.25) is 0 Å². The highest BCUT2D eigenvalue weighted by molar-refractivity contribution is 8.01. The Morgan fingerprint density at radius 3 is 2.00 bits per heavy atom. The average Bonchev–Trinajstić information content (AvgIpc) is 2.48. The maximum absolute atomic E-state index is 12.0. The molecule has 0 aliphatic heterocycles. The average molecular weight is 270 g/mol. The van der Waals surface area contributed by atoms with Gasteiger partial charge in [0.1, 0.15) is 5.76 Å². The molecule has 0 aliphatic carbocycles. The van der Waals surface area contributed by atoms with Crippen molar-refractivity contribution in [2.24, 2.45) is 0 Å². The molecule has 0 fully saturated rings. The molecule has 0 spiro atoms. The van der Waals surface area contributed by atoms with Crippen LogP contribution in [0.3, 0.4) is 0 Å². The first kappa shape index (κ1) is 13.4. The van der Waals surface area contributed by atoms with Gasteiger partial charge in [0, 0.05) is 11.0 Å². The first-order valence-corrected chi connectivity index (χ1v) is 7.15. The molecule has 0 aromatic heterocycles. The van der Waals surface area contributed by atoms with E-state index in [-0.39, 0.29) is 5.97 Å². The number of ether oxygens (including phenoxy) is 1. The Labute approximate surface area is 117 Å². The van der Waals surface area contributed by atoms with Gasteiger partial charge in [-0.05, 0) is 18.4 Å². The lowest BCUT2D eigenvalue weighted by molar-refractivity contribution is 0.0692. The molecule has 0 saturated heterocycles. The number of carbonyl (C=O) groups excluding carboxylic acids is 1. The van der Waals surface area contributed by atoms with Crippen LogP contribution in [0.15, 0.2) is 66.1 Å². The molecule has 0 atom stereocenters. The Balaban J connectivity index is 2.19. The summed E-state index contributed by atoms with van der Waals surface area (Å²) in [5.74, 6) is 0.228. The summed E-state index contributed by atoms with van der Waals surface area (Å²) >= 11 is 1.50. The van der Waals surface area contributed by atoms with Gasteiger partial charge in [-0.25, -0.2) is 4.79 Å². The minimum Gasteiger partial charge on any atom is -0.422 e. The Morgan fingerprint density at radius 2 is 1.47 bits per heavy atom. The largest absolute Gasteiger partial charge is 0.422 e. The molecule has 0 aliphatic rings. The lowest BCUT2D eigenvalue weighted by Gasteiger charge is -2.08. The highest BCUT2D eigenvalue weighted by Crippen LogP contribution is 2.20. The minimum absolute atomic E-state index is 0.343. The fraction of sp³-hybridized carbons (Fsp3) is 0.0625. The Hall–Kier alpha value is -2.00. The van der Waals surface area contributed by atoms with Gasteiger partial charge in [0.15, 0.2) is 0 Å². The second kappa shape index (κ2) is 6.81. The van der Waals surface area contributed by atoms with Crippen molar-refractivity contribution >= 4 is 23.5 Å². The predicted octanol–water partition coefficient (Wildman–Crippen LogP) is 4.21. The van der Waals surface area contributed by atoms with E-state index in [1.165, 1.54) is 11.8 Å². The highest BCUT2D eigenvalue weighted by atomic mass is 32.2. The second-order valence-electron chi connectivity index (χ2n) is 3.84. The first-order chi connectivity index (χ1) is 9.31. The van der Waals surface area contributed by atoms with E-state index < -0.39 is 0 Å². The second-order valence-corrected chi connectivity index (χ2v) is 4.55. The van der Waals surface area contributed by atoms with Crippen LogP contribution in [0, 0.1) is 0 Å². The van der Waals surface area contributed by atoms with Gasteiger partial charge >= 0.3 is 5.97 Å². The molecule has 0 amide bonds. The third-order valence-corrected chi connectivity index (χ3v) is 2.95. The number of rotatable bonds is 4. The lowest BCUT2D eigenvalue weighted by atomic mass is 10.2. The van der Waals surface area contributed by atoms with Gasteiger partial charge in [-0.15, -0.1) is 11.8 Å². The first-order valence-electron chi connectivity index (χ1n) is 5.87. The van der Waals surface area contributed by atoms with Crippen molar-refractivity contribution in [1.29, 1.82) is 0 Å². The normalized spacial score (nSPS) is 11.1. The molecule has 2 rings (SSSR count).